The minimum Gasteiger partial charge on any atom is -0.334 e. The van der Waals surface area contributed by atoms with E-state index in [1.54, 1.807) is 9.58 Å². The molecule has 0 N–H and O–H groups in total. The summed E-state index contributed by atoms with van der Waals surface area (Å²) in [5.41, 5.74) is 1.58. The Morgan fingerprint density at radius 3 is 2.79 bits per heavy atom. The molecule has 0 spiro atoms. The fraction of sp³-hybridized carbons (Fsp3) is 0.400. The van der Waals surface area contributed by atoms with Crippen molar-refractivity contribution in [2.75, 3.05) is 18.1 Å². The number of hydrogen-bond acceptors (Lipinski definition) is 5. The fourth-order valence-corrected chi connectivity index (χ4v) is 6.87. The predicted octanol–water partition coefficient (Wildman–Crippen LogP) is 4.09. The van der Waals surface area contributed by atoms with Crippen molar-refractivity contribution in [3.8, 4) is 5.69 Å². The Hall–Kier alpha value is -1.90. The van der Waals surface area contributed by atoms with E-state index >= 15 is 0 Å². The van der Waals surface area contributed by atoms with E-state index in [9.17, 15) is 13.2 Å². The molecule has 0 saturated carbocycles. The number of para-hydroxylation sites is 1. The predicted molar refractivity (Wildman–Crippen MR) is 117 cm³/mol. The largest absolute Gasteiger partial charge is 0.334 e. The average Bonchev–Trinajstić information content (AvgIpc) is 3.35. The summed E-state index contributed by atoms with van der Waals surface area (Å²) in [5, 5.41) is 6.09. The number of carbonyl (C=O) groups is 1. The van der Waals surface area contributed by atoms with Crippen LogP contribution in [-0.2, 0) is 9.84 Å². The molecular formula is C20H22ClN3O3S2. The number of fused-ring (bicyclic) bond motifs is 1. The Kier molecular flexibility index (Phi) is 5.44. The van der Waals surface area contributed by atoms with Gasteiger partial charge >= 0.3 is 0 Å². The average molecular weight is 452 g/mol. The summed E-state index contributed by atoms with van der Waals surface area (Å²) in [6, 6.07) is 9.07. The number of halogens is 1. The van der Waals surface area contributed by atoms with Gasteiger partial charge in [-0.3, -0.25) is 4.79 Å². The first-order valence-electron chi connectivity index (χ1n) is 9.56. The molecule has 154 valence electrons. The lowest BCUT2D eigenvalue weighted by molar-refractivity contribution is 0.0702. The van der Waals surface area contributed by atoms with Gasteiger partial charge in [-0.05, 0) is 38.0 Å². The maximum absolute atomic E-state index is 13.3. The molecule has 1 amide bonds. The van der Waals surface area contributed by atoms with Crippen molar-refractivity contribution in [1.29, 1.82) is 0 Å². The van der Waals surface area contributed by atoms with E-state index in [1.807, 2.05) is 44.2 Å². The van der Waals surface area contributed by atoms with E-state index in [2.05, 4.69) is 5.10 Å². The van der Waals surface area contributed by atoms with Gasteiger partial charge in [-0.2, -0.15) is 5.10 Å². The van der Waals surface area contributed by atoms with Crippen LogP contribution in [0.3, 0.4) is 0 Å². The lowest BCUT2D eigenvalue weighted by atomic mass is 10.2. The maximum atomic E-state index is 13.3. The Morgan fingerprint density at radius 2 is 2.14 bits per heavy atom. The topological polar surface area (TPSA) is 72.3 Å². The van der Waals surface area contributed by atoms with Gasteiger partial charge in [-0.15, -0.1) is 11.3 Å². The van der Waals surface area contributed by atoms with E-state index < -0.39 is 9.84 Å². The van der Waals surface area contributed by atoms with Gasteiger partial charge in [0.15, 0.2) is 9.84 Å². The molecule has 0 radical (unpaired) electrons. The molecule has 0 bridgehead atoms. The molecule has 1 aliphatic rings. The van der Waals surface area contributed by atoms with Crippen LogP contribution < -0.4 is 0 Å². The monoisotopic (exact) mass is 451 g/mol. The number of benzene rings is 1. The van der Waals surface area contributed by atoms with E-state index in [4.69, 9.17) is 11.6 Å². The number of hydrogen-bond donors (Lipinski definition) is 0. The van der Waals surface area contributed by atoms with Crippen LogP contribution in [0.5, 0.6) is 0 Å². The minimum absolute atomic E-state index is 0.0517. The molecule has 1 fully saturated rings. The standard InChI is InChI=1S/C20H22ClN3O3S2/c1-3-9-23(14-8-10-29(26,27)12-14)19(25)18-11-15-13(2)22-24(20(15)28-18)17-7-5-4-6-16(17)21/h4-7,11,14H,3,8-10,12H2,1-2H3. The molecule has 6 nitrogen and oxygen atoms in total. The number of carbonyl (C=O) groups excluding carboxylic acids is 1. The normalized spacial score (nSPS) is 18.4. The van der Waals surface area contributed by atoms with Gasteiger partial charge in [0.05, 0.1) is 32.8 Å². The van der Waals surface area contributed by atoms with Gasteiger partial charge in [0.1, 0.15) is 4.83 Å². The van der Waals surface area contributed by atoms with Crippen LogP contribution in [0.1, 0.15) is 35.1 Å². The Morgan fingerprint density at radius 1 is 1.38 bits per heavy atom. The van der Waals surface area contributed by atoms with Crippen molar-refractivity contribution in [2.24, 2.45) is 0 Å². The first-order chi connectivity index (χ1) is 13.8. The van der Waals surface area contributed by atoms with Gasteiger partial charge in [-0.1, -0.05) is 30.7 Å². The molecular weight excluding hydrogens is 430 g/mol. The molecule has 1 unspecified atom stereocenters. The van der Waals surface area contributed by atoms with Crippen molar-refractivity contribution in [3.05, 3.63) is 45.9 Å². The lowest BCUT2D eigenvalue weighted by Gasteiger charge is -2.27. The number of aromatic nitrogens is 2. The first kappa shape index (κ1) is 20.4. The molecule has 1 saturated heterocycles. The number of amides is 1. The van der Waals surface area contributed by atoms with Crippen LogP contribution in [0.2, 0.25) is 5.02 Å². The number of aryl methyl sites for hydroxylation is 1. The zero-order valence-corrected chi connectivity index (χ0v) is 18.6. The molecule has 1 aromatic carbocycles. The third kappa shape index (κ3) is 3.81. The quantitative estimate of drug-likeness (QED) is 0.585. The molecule has 0 aliphatic carbocycles. The second kappa shape index (κ2) is 7.74. The number of rotatable bonds is 5. The molecule has 3 aromatic rings. The number of sulfone groups is 1. The van der Waals surface area contributed by atoms with E-state index in [1.165, 1.54) is 11.3 Å². The third-order valence-electron chi connectivity index (χ3n) is 5.21. The van der Waals surface area contributed by atoms with Crippen molar-refractivity contribution in [2.45, 2.75) is 32.7 Å². The van der Waals surface area contributed by atoms with E-state index in [0.717, 1.165) is 28.0 Å². The van der Waals surface area contributed by atoms with Gasteiger partial charge < -0.3 is 4.90 Å². The third-order valence-corrected chi connectivity index (χ3v) is 8.38. The lowest BCUT2D eigenvalue weighted by Crippen LogP contribution is -2.41. The highest BCUT2D eigenvalue weighted by Gasteiger charge is 2.35. The Labute approximate surface area is 179 Å². The molecule has 4 rings (SSSR count). The second-order valence-electron chi connectivity index (χ2n) is 7.33. The number of thiophene rings is 1. The maximum Gasteiger partial charge on any atom is 0.264 e. The van der Waals surface area contributed by atoms with Crippen molar-refractivity contribution in [3.63, 3.8) is 0 Å². The smallest absolute Gasteiger partial charge is 0.264 e. The van der Waals surface area contributed by atoms with Crippen LogP contribution in [0, 0.1) is 6.92 Å². The van der Waals surface area contributed by atoms with Crippen LogP contribution in [0.25, 0.3) is 15.9 Å². The Balaban J connectivity index is 1.73. The van der Waals surface area contributed by atoms with E-state index in [0.29, 0.717) is 22.9 Å². The van der Waals surface area contributed by atoms with Crippen molar-refractivity contribution >= 4 is 48.9 Å². The molecule has 9 heteroatoms. The van der Waals surface area contributed by atoms with Crippen LogP contribution in [-0.4, -0.2) is 53.1 Å². The summed E-state index contributed by atoms with van der Waals surface area (Å²) in [7, 11) is -3.06. The van der Waals surface area contributed by atoms with E-state index in [-0.39, 0.29) is 23.5 Å². The van der Waals surface area contributed by atoms with Crippen molar-refractivity contribution < 1.29 is 13.2 Å². The van der Waals surface area contributed by atoms with Crippen LogP contribution in [0.4, 0.5) is 0 Å². The summed E-state index contributed by atoms with van der Waals surface area (Å²) in [4.78, 5) is 16.5. The first-order valence-corrected chi connectivity index (χ1v) is 12.6. The second-order valence-corrected chi connectivity index (χ2v) is 11.0. The highest BCUT2D eigenvalue weighted by Crippen LogP contribution is 2.33. The van der Waals surface area contributed by atoms with Crippen molar-refractivity contribution in [1.82, 2.24) is 14.7 Å². The molecule has 1 aliphatic heterocycles. The molecule has 3 heterocycles. The summed E-state index contributed by atoms with van der Waals surface area (Å²) >= 11 is 7.72. The number of nitrogens with zero attached hydrogens (tertiary/aromatic N) is 3. The molecule has 1 atom stereocenters. The van der Waals surface area contributed by atoms with Gasteiger partial charge in [0.2, 0.25) is 0 Å². The zero-order valence-electron chi connectivity index (χ0n) is 16.3. The van der Waals surface area contributed by atoms with Gasteiger partial charge in [0, 0.05) is 18.0 Å². The summed E-state index contributed by atoms with van der Waals surface area (Å²) < 4.78 is 25.6. The SMILES string of the molecule is CCCN(C(=O)c1cc2c(C)nn(-c3ccccc3Cl)c2s1)C1CCS(=O)(=O)C1. The summed E-state index contributed by atoms with van der Waals surface area (Å²) in [6.45, 7) is 4.45. The van der Waals surface area contributed by atoms with Gasteiger partial charge in [-0.25, -0.2) is 13.1 Å². The highest BCUT2D eigenvalue weighted by molar-refractivity contribution is 7.91. The van der Waals surface area contributed by atoms with Crippen LogP contribution >= 0.6 is 22.9 Å². The van der Waals surface area contributed by atoms with Crippen LogP contribution in [0.15, 0.2) is 30.3 Å². The van der Waals surface area contributed by atoms with Gasteiger partial charge in [0.25, 0.3) is 5.91 Å². The zero-order chi connectivity index (χ0) is 20.8. The molecule has 29 heavy (non-hydrogen) atoms. The molecule has 2 aromatic heterocycles. The minimum atomic E-state index is -3.06. The Bertz CT molecular complexity index is 1180. The summed E-state index contributed by atoms with van der Waals surface area (Å²) in [6.07, 6.45) is 1.28. The fourth-order valence-electron chi connectivity index (χ4n) is 3.79. The summed E-state index contributed by atoms with van der Waals surface area (Å²) in [5.74, 6) is 0.0917. The highest BCUT2D eigenvalue weighted by atomic mass is 35.5.